The van der Waals surface area contributed by atoms with Crippen molar-refractivity contribution in [1.82, 2.24) is 0 Å². The van der Waals surface area contributed by atoms with E-state index in [1.807, 2.05) is 31.2 Å². The zero-order valence-electron chi connectivity index (χ0n) is 11.7. The summed E-state index contributed by atoms with van der Waals surface area (Å²) in [7, 11) is 0. The fourth-order valence-corrected chi connectivity index (χ4v) is 2.17. The number of ketones is 1. The van der Waals surface area contributed by atoms with Crippen molar-refractivity contribution in [3.63, 3.8) is 0 Å². The summed E-state index contributed by atoms with van der Waals surface area (Å²) >= 11 is 0. The number of hydrogen-bond acceptors (Lipinski definition) is 3. The van der Waals surface area contributed by atoms with E-state index in [0.717, 1.165) is 11.1 Å². The molecule has 0 amide bonds. The van der Waals surface area contributed by atoms with Gasteiger partial charge in [-0.2, -0.15) is 0 Å². The molecule has 0 radical (unpaired) electrons. The molecule has 0 atom stereocenters. The quantitative estimate of drug-likeness (QED) is 0.836. The van der Waals surface area contributed by atoms with Crippen molar-refractivity contribution in [1.29, 1.82) is 0 Å². The minimum absolute atomic E-state index is 0.0164. The highest BCUT2D eigenvalue weighted by Gasteiger charge is 2.16. The molecule has 0 heterocycles. The Hall–Kier alpha value is -2.29. The fourth-order valence-electron chi connectivity index (χ4n) is 2.17. The number of hydrogen-bond donors (Lipinski definition) is 2. The second kappa shape index (κ2) is 5.78. The summed E-state index contributed by atoms with van der Waals surface area (Å²) in [6.45, 7) is 3.76. The van der Waals surface area contributed by atoms with Crippen LogP contribution in [0.2, 0.25) is 0 Å². The first-order valence-corrected chi connectivity index (χ1v) is 6.58. The first kappa shape index (κ1) is 14.1. The van der Waals surface area contributed by atoms with Crippen LogP contribution < -0.4 is 0 Å². The van der Waals surface area contributed by atoms with Gasteiger partial charge in [0.2, 0.25) is 0 Å². The van der Waals surface area contributed by atoms with E-state index in [0.29, 0.717) is 6.42 Å². The number of rotatable bonds is 4. The molecule has 104 valence electrons. The number of aromatic hydroxyl groups is 2. The van der Waals surface area contributed by atoms with Crippen LogP contribution in [0.15, 0.2) is 36.4 Å². The number of carbonyl (C=O) groups is 1. The van der Waals surface area contributed by atoms with Crippen LogP contribution >= 0.6 is 0 Å². The molecule has 20 heavy (non-hydrogen) atoms. The van der Waals surface area contributed by atoms with Crippen LogP contribution in [0.4, 0.5) is 0 Å². The average molecular weight is 270 g/mol. The van der Waals surface area contributed by atoms with E-state index >= 15 is 0 Å². The van der Waals surface area contributed by atoms with Crippen molar-refractivity contribution in [2.75, 3.05) is 0 Å². The highest BCUT2D eigenvalue weighted by molar-refractivity contribution is 6.01. The summed E-state index contributed by atoms with van der Waals surface area (Å²) in [5, 5.41) is 19.6. The maximum Gasteiger partial charge on any atom is 0.170 e. The van der Waals surface area contributed by atoms with Gasteiger partial charge in [-0.3, -0.25) is 4.79 Å². The molecule has 0 aliphatic heterocycles. The lowest BCUT2D eigenvalue weighted by Gasteiger charge is -2.08. The van der Waals surface area contributed by atoms with Gasteiger partial charge >= 0.3 is 0 Å². The molecule has 0 aromatic heterocycles. The fraction of sp³-hybridized carbons (Fsp3) is 0.235. The molecule has 0 fully saturated rings. The van der Waals surface area contributed by atoms with Crippen LogP contribution in [0, 0.1) is 13.8 Å². The van der Waals surface area contributed by atoms with Gasteiger partial charge in [0.25, 0.3) is 0 Å². The Labute approximate surface area is 118 Å². The Morgan fingerprint density at radius 2 is 1.50 bits per heavy atom. The number of aryl methyl sites for hydroxylation is 3. The second-order valence-electron chi connectivity index (χ2n) is 5.09. The van der Waals surface area contributed by atoms with Gasteiger partial charge in [-0.05, 0) is 43.5 Å². The third-order valence-electron chi connectivity index (χ3n) is 3.28. The van der Waals surface area contributed by atoms with Gasteiger partial charge < -0.3 is 10.2 Å². The van der Waals surface area contributed by atoms with Crippen LogP contribution in [-0.4, -0.2) is 16.0 Å². The molecule has 2 aromatic carbocycles. The van der Waals surface area contributed by atoms with E-state index in [1.165, 1.54) is 17.7 Å². The molecule has 0 aliphatic rings. The number of phenols is 2. The number of carbonyl (C=O) groups excluding carboxylic acids is 1. The summed E-state index contributed by atoms with van der Waals surface area (Å²) < 4.78 is 0. The first-order valence-electron chi connectivity index (χ1n) is 6.58. The molecular weight excluding hydrogens is 252 g/mol. The normalized spacial score (nSPS) is 10.5. The predicted molar refractivity (Wildman–Crippen MR) is 78.3 cm³/mol. The summed E-state index contributed by atoms with van der Waals surface area (Å²) in [5.41, 5.74) is 2.97. The van der Waals surface area contributed by atoms with E-state index in [4.69, 9.17) is 0 Å². The summed E-state index contributed by atoms with van der Waals surface area (Å²) in [6.07, 6.45) is 0.846. The van der Waals surface area contributed by atoms with Gasteiger partial charge in [-0.15, -0.1) is 0 Å². The molecule has 0 saturated carbocycles. The molecule has 2 rings (SSSR count). The Morgan fingerprint density at radius 3 is 2.05 bits per heavy atom. The van der Waals surface area contributed by atoms with E-state index in [2.05, 4.69) is 0 Å². The SMILES string of the molecule is Cc1ccc(CCC(=O)c2c(O)cc(C)cc2O)cc1. The van der Waals surface area contributed by atoms with E-state index in [1.54, 1.807) is 6.92 Å². The highest BCUT2D eigenvalue weighted by Crippen LogP contribution is 2.30. The van der Waals surface area contributed by atoms with Gasteiger partial charge in [-0.1, -0.05) is 29.8 Å². The summed E-state index contributed by atoms with van der Waals surface area (Å²) in [4.78, 5) is 12.1. The lowest BCUT2D eigenvalue weighted by Crippen LogP contribution is -2.02. The molecular formula is C17H18O3. The van der Waals surface area contributed by atoms with E-state index < -0.39 is 0 Å². The van der Waals surface area contributed by atoms with Crippen molar-refractivity contribution in [2.24, 2.45) is 0 Å². The monoisotopic (exact) mass is 270 g/mol. The molecule has 0 unspecified atom stereocenters. The lowest BCUT2D eigenvalue weighted by molar-refractivity contribution is 0.0977. The van der Waals surface area contributed by atoms with Gasteiger partial charge in [0, 0.05) is 6.42 Å². The molecule has 0 bridgehead atoms. The van der Waals surface area contributed by atoms with Crippen molar-refractivity contribution < 1.29 is 15.0 Å². The maximum atomic E-state index is 12.1. The number of benzene rings is 2. The number of Topliss-reactive ketones (excluding diaryl/α,β-unsaturated/α-hetero) is 1. The maximum absolute atomic E-state index is 12.1. The minimum atomic E-state index is -0.249. The van der Waals surface area contributed by atoms with Crippen molar-refractivity contribution >= 4 is 5.78 Å². The Kier molecular flexibility index (Phi) is 4.08. The first-order chi connectivity index (χ1) is 9.47. The van der Waals surface area contributed by atoms with Gasteiger partial charge in [0.1, 0.15) is 17.1 Å². The zero-order chi connectivity index (χ0) is 14.7. The van der Waals surface area contributed by atoms with Crippen LogP contribution in [0.3, 0.4) is 0 Å². The largest absolute Gasteiger partial charge is 0.507 e. The lowest BCUT2D eigenvalue weighted by atomic mass is 9.99. The Morgan fingerprint density at radius 1 is 0.950 bits per heavy atom. The molecule has 3 nitrogen and oxygen atoms in total. The smallest absolute Gasteiger partial charge is 0.170 e. The zero-order valence-corrected chi connectivity index (χ0v) is 11.7. The molecule has 0 aliphatic carbocycles. The Bertz CT molecular complexity index is 604. The number of phenolic OH excluding ortho intramolecular Hbond substituents is 2. The van der Waals surface area contributed by atoms with Crippen LogP contribution in [0.1, 0.15) is 33.5 Å². The molecule has 2 N–H and O–H groups in total. The molecule has 2 aromatic rings. The minimum Gasteiger partial charge on any atom is -0.507 e. The standard InChI is InChI=1S/C17H18O3/c1-11-3-5-13(6-4-11)7-8-14(18)17-15(19)9-12(2)10-16(17)20/h3-6,9-10,19-20H,7-8H2,1-2H3. The third-order valence-corrected chi connectivity index (χ3v) is 3.28. The topological polar surface area (TPSA) is 57.5 Å². The molecule has 0 saturated heterocycles. The van der Waals surface area contributed by atoms with Gasteiger partial charge in [-0.25, -0.2) is 0 Å². The summed E-state index contributed by atoms with van der Waals surface area (Å²) in [5.74, 6) is -0.562. The van der Waals surface area contributed by atoms with E-state index in [-0.39, 0.29) is 29.3 Å². The van der Waals surface area contributed by atoms with Gasteiger partial charge in [0.05, 0.1) is 0 Å². The predicted octanol–water partition coefficient (Wildman–Crippen LogP) is 3.53. The van der Waals surface area contributed by atoms with Crippen LogP contribution in [-0.2, 0) is 6.42 Å². The molecule has 3 heteroatoms. The average Bonchev–Trinajstić information content (AvgIpc) is 2.37. The summed E-state index contributed by atoms with van der Waals surface area (Å²) in [6, 6.07) is 10.9. The van der Waals surface area contributed by atoms with Crippen LogP contribution in [0.25, 0.3) is 0 Å². The van der Waals surface area contributed by atoms with Crippen molar-refractivity contribution in [3.8, 4) is 11.5 Å². The van der Waals surface area contributed by atoms with Gasteiger partial charge in [0.15, 0.2) is 5.78 Å². The van der Waals surface area contributed by atoms with Crippen LogP contribution in [0.5, 0.6) is 11.5 Å². The van der Waals surface area contributed by atoms with Crippen molar-refractivity contribution in [3.05, 3.63) is 58.7 Å². The highest BCUT2D eigenvalue weighted by atomic mass is 16.3. The third kappa shape index (κ3) is 3.18. The van der Waals surface area contributed by atoms with Crippen molar-refractivity contribution in [2.45, 2.75) is 26.7 Å². The van der Waals surface area contributed by atoms with E-state index in [9.17, 15) is 15.0 Å². The second-order valence-corrected chi connectivity index (χ2v) is 5.09. The molecule has 0 spiro atoms. The Balaban J connectivity index is 2.11.